The normalized spacial score (nSPS) is 16.6. The van der Waals surface area contributed by atoms with Gasteiger partial charge in [0.1, 0.15) is 47.7 Å². The summed E-state index contributed by atoms with van der Waals surface area (Å²) in [5, 5.41) is 0. The van der Waals surface area contributed by atoms with Crippen LogP contribution in [0.2, 0.25) is 0 Å². The summed E-state index contributed by atoms with van der Waals surface area (Å²) < 4.78 is 41.5. The summed E-state index contributed by atoms with van der Waals surface area (Å²) in [4.78, 5) is 12.4. The zero-order valence-electron chi connectivity index (χ0n) is 23.8. The highest BCUT2D eigenvalue weighted by atomic mass is 16.5. The SMILES string of the molecule is COC(=O)c1cc2cc(c1)OCc1cc3cc(c1)OCC/C=C\CCOc1cc(cc(c1)OCCC=CCCO3)CO2. The van der Waals surface area contributed by atoms with Crippen LogP contribution in [0.25, 0.3) is 0 Å². The molecule has 0 amide bonds. The number of fused-ring (bicyclic) bond motifs is 6. The number of ether oxygens (including phenoxy) is 7. The van der Waals surface area contributed by atoms with Crippen LogP contribution >= 0.6 is 0 Å². The third kappa shape index (κ3) is 8.70. The second-order valence-electron chi connectivity index (χ2n) is 9.88. The van der Waals surface area contributed by atoms with E-state index in [9.17, 15) is 4.79 Å². The van der Waals surface area contributed by atoms with E-state index in [2.05, 4.69) is 24.3 Å². The highest BCUT2D eigenvalue weighted by Crippen LogP contribution is 2.29. The monoisotopic (exact) mass is 572 g/mol. The van der Waals surface area contributed by atoms with Crippen molar-refractivity contribution in [1.29, 1.82) is 0 Å². The Morgan fingerprint density at radius 3 is 1.17 bits per heavy atom. The van der Waals surface area contributed by atoms with Crippen molar-refractivity contribution in [3.63, 3.8) is 0 Å². The largest absolute Gasteiger partial charge is 0.493 e. The molecule has 0 atom stereocenters. The quantitative estimate of drug-likeness (QED) is 0.231. The number of hydrogen-bond donors (Lipinski definition) is 0. The van der Waals surface area contributed by atoms with E-state index in [0.29, 0.717) is 66.5 Å². The van der Waals surface area contributed by atoms with Crippen LogP contribution in [0.15, 0.2) is 78.9 Å². The molecular formula is C34H36O8. The van der Waals surface area contributed by atoms with Gasteiger partial charge in [-0.3, -0.25) is 0 Å². The van der Waals surface area contributed by atoms with E-state index < -0.39 is 5.97 Å². The summed E-state index contributed by atoms with van der Waals surface area (Å²) in [6, 6.07) is 16.6. The molecule has 42 heavy (non-hydrogen) atoms. The number of carbonyl (C=O) groups is 1. The molecule has 0 unspecified atom stereocenters. The molecule has 2 aliphatic heterocycles. The zero-order chi connectivity index (χ0) is 29.0. The number of hydrogen-bond acceptors (Lipinski definition) is 8. The van der Waals surface area contributed by atoms with Crippen molar-refractivity contribution in [3.8, 4) is 34.5 Å². The Bertz CT molecular complexity index is 1250. The first-order chi connectivity index (χ1) is 20.6. The van der Waals surface area contributed by atoms with Crippen LogP contribution in [0.4, 0.5) is 0 Å². The van der Waals surface area contributed by atoms with Crippen molar-refractivity contribution in [2.45, 2.75) is 38.9 Å². The summed E-state index contributed by atoms with van der Waals surface area (Å²) in [5.74, 6) is 3.25. The highest BCUT2D eigenvalue weighted by Gasteiger charge is 2.13. The van der Waals surface area contributed by atoms with Crippen molar-refractivity contribution in [3.05, 3.63) is 95.6 Å². The Kier molecular flexibility index (Phi) is 10.2. The number of benzene rings is 3. The van der Waals surface area contributed by atoms with E-state index in [1.54, 1.807) is 18.2 Å². The lowest BCUT2D eigenvalue weighted by Gasteiger charge is -2.15. The molecule has 220 valence electrons. The predicted molar refractivity (Wildman–Crippen MR) is 158 cm³/mol. The predicted octanol–water partition coefficient (Wildman–Crippen LogP) is 6.85. The van der Waals surface area contributed by atoms with Crippen LogP contribution in [0.1, 0.15) is 47.2 Å². The maximum atomic E-state index is 12.4. The molecule has 8 heteroatoms. The lowest BCUT2D eigenvalue weighted by Crippen LogP contribution is -2.05. The molecule has 0 radical (unpaired) electrons. The van der Waals surface area contributed by atoms with E-state index in [1.807, 2.05) is 36.4 Å². The minimum Gasteiger partial charge on any atom is -0.493 e. The Morgan fingerprint density at radius 2 is 0.833 bits per heavy atom. The van der Waals surface area contributed by atoms with Crippen LogP contribution < -0.4 is 28.4 Å². The Morgan fingerprint density at radius 1 is 0.500 bits per heavy atom. The van der Waals surface area contributed by atoms with Gasteiger partial charge in [-0.1, -0.05) is 24.3 Å². The highest BCUT2D eigenvalue weighted by molar-refractivity contribution is 5.90. The summed E-state index contributed by atoms with van der Waals surface area (Å²) in [7, 11) is 1.34. The van der Waals surface area contributed by atoms with Gasteiger partial charge in [-0.05, 0) is 73.2 Å². The fourth-order valence-corrected chi connectivity index (χ4v) is 4.52. The van der Waals surface area contributed by atoms with Gasteiger partial charge in [-0.2, -0.15) is 0 Å². The van der Waals surface area contributed by atoms with Gasteiger partial charge in [0.15, 0.2) is 0 Å². The van der Waals surface area contributed by atoms with Crippen LogP contribution in [0.3, 0.4) is 0 Å². The van der Waals surface area contributed by atoms with Gasteiger partial charge in [0.25, 0.3) is 0 Å². The molecular weight excluding hydrogens is 536 g/mol. The standard InChI is InChI=1S/C34H36O8/c1-36-34(35)27-18-32-22-33(19-27)42-24-26-15-29-21-31(17-26)40-13-9-5-4-8-12-39-30-16-25(23-41-32)14-28(20-30)37-10-6-2-3-7-11-38-29/h2-5,14-22H,6-13,23-24H2,1H3/b3-2-,5-4?. The molecule has 8 bridgehead atoms. The van der Waals surface area contributed by atoms with Crippen LogP contribution in [-0.2, 0) is 18.0 Å². The molecule has 3 aromatic carbocycles. The molecule has 2 aliphatic rings. The molecule has 8 nitrogen and oxygen atoms in total. The second kappa shape index (κ2) is 14.9. The van der Waals surface area contributed by atoms with Gasteiger partial charge in [0.05, 0.1) is 39.1 Å². The van der Waals surface area contributed by atoms with E-state index in [-0.39, 0.29) is 13.2 Å². The Labute approximate surface area is 246 Å². The molecule has 0 aliphatic carbocycles. The number of esters is 1. The zero-order valence-corrected chi connectivity index (χ0v) is 23.8. The van der Waals surface area contributed by atoms with Gasteiger partial charge in [0, 0.05) is 18.2 Å². The van der Waals surface area contributed by atoms with Crippen molar-refractivity contribution in [1.82, 2.24) is 0 Å². The van der Waals surface area contributed by atoms with Gasteiger partial charge in [-0.25, -0.2) is 4.79 Å². The molecule has 5 rings (SSSR count). The average Bonchev–Trinajstić information content (AvgIpc) is 3.00. The molecule has 0 spiro atoms. The van der Waals surface area contributed by atoms with Gasteiger partial charge < -0.3 is 33.2 Å². The summed E-state index contributed by atoms with van der Waals surface area (Å²) in [5.41, 5.74) is 2.06. The maximum absolute atomic E-state index is 12.4. The first-order valence-electron chi connectivity index (χ1n) is 14.2. The van der Waals surface area contributed by atoms with E-state index in [1.165, 1.54) is 7.11 Å². The Hall–Kier alpha value is -4.59. The third-order valence-electron chi connectivity index (χ3n) is 6.54. The topological polar surface area (TPSA) is 81.7 Å². The van der Waals surface area contributed by atoms with Crippen LogP contribution in [0, 0.1) is 0 Å². The van der Waals surface area contributed by atoms with E-state index >= 15 is 0 Å². The van der Waals surface area contributed by atoms with Crippen molar-refractivity contribution in [2.75, 3.05) is 33.5 Å². The average molecular weight is 573 g/mol. The lowest BCUT2D eigenvalue weighted by molar-refractivity contribution is 0.0599. The minimum absolute atomic E-state index is 0.234. The summed E-state index contributed by atoms with van der Waals surface area (Å²) in [6.07, 6.45) is 11.4. The first-order valence-corrected chi connectivity index (χ1v) is 14.2. The summed E-state index contributed by atoms with van der Waals surface area (Å²) >= 11 is 0. The fraction of sp³-hybridized carbons (Fsp3) is 0.324. The number of rotatable bonds is 1. The minimum atomic E-state index is -0.485. The molecule has 3 aromatic rings. The fourth-order valence-electron chi connectivity index (χ4n) is 4.52. The third-order valence-corrected chi connectivity index (χ3v) is 6.54. The second-order valence-corrected chi connectivity index (χ2v) is 9.88. The maximum Gasteiger partial charge on any atom is 0.338 e. The van der Waals surface area contributed by atoms with Crippen molar-refractivity contribution >= 4 is 5.97 Å². The number of methoxy groups -OCH3 is 1. The molecule has 0 saturated heterocycles. The molecule has 0 aromatic heterocycles. The van der Waals surface area contributed by atoms with Crippen LogP contribution in [-0.4, -0.2) is 39.5 Å². The van der Waals surface area contributed by atoms with Crippen molar-refractivity contribution in [2.24, 2.45) is 0 Å². The molecule has 0 fully saturated rings. The molecule has 0 saturated carbocycles. The van der Waals surface area contributed by atoms with Crippen LogP contribution in [0.5, 0.6) is 34.5 Å². The van der Waals surface area contributed by atoms with Crippen molar-refractivity contribution < 1.29 is 38.0 Å². The Balaban J connectivity index is 1.52. The van der Waals surface area contributed by atoms with E-state index in [4.69, 9.17) is 33.2 Å². The number of carbonyl (C=O) groups excluding carboxylic acids is 1. The van der Waals surface area contributed by atoms with Gasteiger partial charge >= 0.3 is 5.97 Å². The lowest BCUT2D eigenvalue weighted by atomic mass is 10.2. The molecule has 0 N–H and O–H groups in total. The smallest absolute Gasteiger partial charge is 0.338 e. The molecule has 2 heterocycles. The first kappa shape index (κ1) is 28.9. The van der Waals surface area contributed by atoms with Gasteiger partial charge in [-0.15, -0.1) is 0 Å². The van der Waals surface area contributed by atoms with E-state index in [0.717, 1.165) is 36.8 Å². The summed E-state index contributed by atoms with van der Waals surface area (Å²) in [6.45, 7) is 2.56. The van der Waals surface area contributed by atoms with Gasteiger partial charge in [0.2, 0.25) is 0 Å².